The van der Waals surface area contributed by atoms with Crippen molar-refractivity contribution in [3.05, 3.63) is 34.7 Å². The molecule has 98 valence electrons. The smallest absolute Gasteiger partial charge is 0.119 e. The lowest BCUT2D eigenvalue weighted by atomic mass is 9.96. The lowest BCUT2D eigenvalue weighted by Gasteiger charge is -2.12. The van der Waals surface area contributed by atoms with Crippen LogP contribution in [0.2, 0.25) is 0 Å². The molecule has 0 amide bonds. The van der Waals surface area contributed by atoms with Crippen LogP contribution in [0.3, 0.4) is 0 Å². The summed E-state index contributed by atoms with van der Waals surface area (Å²) in [5.74, 6) is 0. The van der Waals surface area contributed by atoms with Crippen LogP contribution in [0.5, 0.6) is 0 Å². The predicted octanol–water partition coefficient (Wildman–Crippen LogP) is 4.17. The van der Waals surface area contributed by atoms with Gasteiger partial charge in [0.2, 0.25) is 0 Å². The van der Waals surface area contributed by atoms with Crippen LogP contribution >= 0.6 is 0 Å². The zero-order chi connectivity index (χ0) is 13.5. The van der Waals surface area contributed by atoms with Crippen molar-refractivity contribution in [1.82, 2.24) is 4.98 Å². The first-order valence-corrected chi connectivity index (χ1v) is 6.61. The number of carbonyl (C=O) groups is 1. The predicted molar refractivity (Wildman–Crippen MR) is 76.6 cm³/mol. The van der Waals surface area contributed by atoms with Crippen molar-refractivity contribution < 1.29 is 4.79 Å². The summed E-state index contributed by atoms with van der Waals surface area (Å²) in [5.41, 5.74) is 6.24. The molecule has 0 spiro atoms. The largest absolute Gasteiger partial charge is 0.303 e. The van der Waals surface area contributed by atoms with E-state index < -0.39 is 0 Å². The summed E-state index contributed by atoms with van der Waals surface area (Å²) in [7, 11) is 0. The van der Waals surface area contributed by atoms with E-state index in [0.717, 1.165) is 31.2 Å². The first-order chi connectivity index (χ1) is 8.57. The van der Waals surface area contributed by atoms with Crippen molar-refractivity contribution in [3.8, 4) is 0 Å². The quantitative estimate of drug-likeness (QED) is 0.556. The van der Waals surface area contributed by atoms with Gasteiger partial charge in [-0.15, -0.1) is 0 Å². The molecular formula is C16H23NO. The van der Waals surface area contributed by atoms with Gasteiger partial charge >= 0.3 is 0 Å². The van der Waals surface area contributed by atoms with Crippen molar-refractivity contribution >= 4 is 11.9 Å². The summed E-state index contributed by atoms with van der Waals surface area (Å²) in [4.78, 5) is 14.7. The number of rotatable bonds is 6. The molecule has 18 heavy (non-hydrogen) atoms. The van der Waals surface area contributed by atoms with Gasteiger partial charge in [-0.2, -0.15) is 0 Å². The van der Waals surface area contributed by atoms with Gasteiger partial charge in [0.25, 0.3) is 0 Å². The van der Waals surface area contributed by atoms with Crippen molar-refractivity contribution in [3.63, 3.8) is 0 Å². The number of aldehydes is 1. The second-order valence-corrected chi connectivity index (χ2v) is 4.86. The second-order valence-electron chi connectivity index (χ2n) is 4.86. The Kier molecular flexibility index (Phi) is 5.76. The maximum atomic E-state index is 10.2. The molecule has 0 aliphatic heterocycles. The Hall–Kier alpha value is -1.44. The van der Waals surface area contributed by atoms with E-state index in [1.54, 1.807) is 0 Å². The third-order valence-corrected chi connectivity index (χ3v) is 3.40. The topological polar surface area (TPSA) is 30.0 Å². The van der Waals surface area contributed by atoms with Gasteiger partial charge in [-0.05, 0) is 63.7 Å². The van der Waals surface area contributed by atoms with Gasteiger partial charge in [0.1, 0.15) is 6.29 Å². The maximum Gasteiger partial charge on any atom is 0.119 e. The minimum Gasteiger partial charge on any atom is -0.303 e. The Bertz CT molecular complexity index is 447. The van der Waals surface area contributed by atoms with Gasteiger partial charge in [0, 0.05) is 23.9 Å². The molecule has 2 heteroatoms. The summed E-state index contributed by atoms with van der Waals surface area (Å²) in [6.07, 6.45) is 8.97. The first kappa shape index (κ1) is 14.6. The zero-order valence-electron chi connectivity index (χ0n) is 11.9. The monoisotopic (exact) mass is 245 g/mol. The molecule has 0 aliphatic rings. The molecule has 1 heterocycles. The Morgan fingerprint density at radius 1 is 1.22 bits per heavy atom. The summed E-state index contributed by atoms with van der Waals surface area (Å²) in [5, 5.41) is 0. The average molecular weight is 245 g/mol. The fourth-order valence-electron chi connectivity index (χ4n) is 2.20. The van der Waals surface area contributed by atoms with Crippen LogP contribution < -0.4 is 0 Å². The lowest BCUT2D eigenvalue weighted by Crippen LogP contribution is -1.97. The van der Waals surface area contributed by atoms with Gasteiger partial charge in [0.05, 0.1) is 0 Å². The third-order valence-electron chi connectivity index (χ3n) is 3.40. The molecule has 0 saturated carbocycles. The van der Waals surface area contributed by atoms with Crippen molar-refractivity contribution in [2.24, 2.45) is 0 Å². The number of unbranched alkanes of at least 4 members (excludes halogenated alkanes) is 3. The number of allylic oxidation sites excluding steroid dienone is 2. The Morgan fingerprint density at radius 2 is 1.89 bits per heavy atom. The number of aromatic nitrogens is 1. The standard InChI is InChI=1S/C16H23NO/c1-12(9-7-5-6-8-10-18)16-14(3)13(2)11-17-15(16)4/h9-11H,5-8H2,1-4H3/b12-9+. The van der Waals surface area contributed by atoms with Crippen molar-refractivity contribution in [2.45, 2.75) is 53.4 Å². The molecule has 0 aromatic carbocycles. The normalized spacial score (nSPS) is 11.7. The van der Waals surface area contributed by atoms with E-state index in [0.29, 0.717) is 6.42 Å². The van der Waals surface area contributed by atoms with Gasteiger partial charge in [0.15, 0.2) is 0 Å². The van der Waals surface area contributed by atoms with Crippen LogP contribution in [-0.2, 0) is 4.79 Å². The Morgan fingerprint density at radius 3 is 2.56 bits per heavy atom. The van der Waals surface area contributed by atoms with Crippen LogP contribution in [0.1, 0.15) is 55.0 Å². The van der Waals surface area contributed by atoms with Crippen LogP contribution in [0.15, 0.2) is 12.3 Å². The Balaban J connectivity index is 2.77. The maximum absolute atomic E-state index is 10.2. The molecule has 1 aromatic rings. The van der Waals surface area contributed by atoms with Crippen LogP contribution in [-0.4, -0.2) is 11.3 Å². The molecule has 0 fully saturated rings. The highest BCUT2D eigenvalue weighted by atomic mass is 16.1. The summed E-state index contributed by atoms with van der Waals surface area (Å²) < 4.78 is 0. The van der Waals surface area contributed by atoms with E-state index in [1.807, 2.05) is 6.20 Å². The number of hydrogen-bond acceptors (Lipinski definition) is 2. The van der Waals surface area contributed by atoms with E-state index in [2.05, 4.69) is 38.8 Å². The number of nitrogens with zero attached hydrogens (tertiary/aromatic N) is 1. The molecule has 1 aromatic heterocycles. The van der Waals surface area contributed by atoms with Gasteiger partial charge < -0.3 is 4.79 Å². The highest BCUT2D eigenvalue weighted by molar-refractivity contribution is 5.68. The molecule has 0 bridgehead atoms. The molecule has 2 nitrogen and oxygen atoms in total. The molecule has 0 unspecified atom stereocenters. The summed E-state index contributed by atoms with van der Waals surface area (Å²) >= 11 is 0. The van der Waals surface area contributed by atoms with E-state index >= 15 is 0 Å². The molecule has 0 saturated heterocycles. The van der Waals surface area contributed by atoms with E-state index in [-0.39, 0.29) is 0 Å². The number of hydrogen-bond donors (Lipinski definition) is 0. The Labute approximate surface area is 110 Å². The van der Waals surface area contributed by atoms with E-state index in [1.165, 1.54) is 22.3 Å². The molecule has 0 N–H and O–H groups in total. The molecule has 0 radical (unpaired) electrons. The zero-order valence-corrected chi connectivity index (χ0v) is 11.9. The third kappa shape index (κ3) is 3.80. The van der Waals surface area contributed by atoms with Crippen molar-refractivity contribution in [1.29, 1.82) is 0 Å². The average Bonchev–Trinajstić information content (AvgIpc) is 2.34. The second kappa shape index (κ2) is 7.10. The minimum absolute atomic E-state index is 0.678. The highest BCUT2D eigenvalue weighted by Crippen LogP contribution is 2.24. The first-order valence-electron chi connectivity index (χ1n) is 6.61. The molecule has 0 atom stereocenters. The minimum atomic E-state index is 0.678. The van der Waals surface area contributed by atoms with E-state index in [4.69, 9.17) is 0 Å². The van der Waals surface area contributed by atoms with Gasteiger partial charge in [-0.25, -0.2) is 0 Å². The van der Waals surface area contributed by atoms with Crippen LogP contribution in [0, 0.1) is 20.8 Å². The van der Waals surface area contributed by atoms with E-state index in [9.17, 15) is 4.79 Å². The number of carbonyl (C=O) groups excluding carboxylic acids is 1. The fraction of sp³-hybridized carbons (Fsp3) is 0.500. The van der Waals surface area contributed by atoms with Crippen molar-refractivity contribution in [2.75, 3.05) is 0 Å². The highest BCUT2D eigenvalue weighted by Gasteiger charge is 2.07. The molecular weight excluding hydrogens is 222 g/mol. The summed E-state index contributed by atoms with van der Waals surface area (Å²) in [6, 6.07) is 0. The SMILES string of the molecule is C/C(=C\CCCCC=O)c1c(C)ncc(C)c1C. The molecule has 0 aliphatic carbocycles. The summed E-state index contributed by atoms with van der Waals surface area (Å²) in [6.45, 7) is 8.47. The van der Waals surface area contributed by atoms with Gasteiger partial charge in [-0.3, -0.25) is 4.98 Å². The van der Waals surface area contributed by atoms with Crippen LogP contribution in [0.4, 0.5) is 0 Å². The van der Waals surface area contributed by atoms with Crippen LogP contribution in [0.25, 0.3) is 5.57 Å². The molecule has 1 rings (SSSR count). The lowest BCUT2D eigenvalue weighted by molar-refractivity contribution is -0.107. The fourth-order valence-corrected chi connectivity index (χ4v) is 2.20. The number of pyridine rings is 1. The number of aryl methyl sites for hydroxylation is 2. The van der Waals surface area contributed by atoms with Gasteiger partial charge in [-0.1, -0.05) is 6.08 Å².